The van der Waals surface area contributed by atoms with Crippen molar-refractivity contribution in [2.24, 2.45) is 0 Å². The summed E-state index contributed by atoms with van der Waals surface area (Å²) in [5.41, 5.74) is 0.844. The molecular weight excluding hydrogens is 372 g/mol. The van der Waals surface area contributed by atoms with Gasteiger partial charge in [0.1, 0.15) is 0 Å². The molecule has 0 aromatic heterocycles. The summed E-state index contributed by atoms with van der Waals surface area (Å²) in [4.78, 5) is 14.3. The summed E-state index contributed by atoms with van der Waals surface area (Å²) < 4.78 is 26.6. The molecule has 1 aliphatic heterocycles. The van der Waals surface area contributed by atoms with Gasteiger partial charge in [-0.3, -0.25) is 4.79 Å². The number of carbonyl (C=O) groups excluding carboxylic acids is 1. The fourth-order valence-corrected chi connectivity index (χ4v) is 4.42. The first-order valence-electron chi connectivity index (χ1n) is 8.24. The van der Waals surface area contributed by atoms with Crippen molar-refractivity contribution in [2.75, 3.05) is 26.2 Å². The average Bonchev–Trinajstić information content (AvgIpc) is 2.67. The molecule has 0 radical (unpaired) electrons. The van der Waals surface area contributed by atoms with Crippen LogP contribution in [-0.4, -0.2) is 49.7 Å². The SMILES string of the molecule is O=C(/C=C\c1cccc(Cl)c1)N1CCN(S(=O)(=O)c2ccccc2)CC1. The molecule has 2 aromatic carbocycles. The van der Waals surface area contributed by atoms with Crippen LogP contribution in [0.5, 0.6) is 0 Å². The molecule has 1 aliphatic rings. The van der Waals surface area contributed by atoms with Crippen LogP contribution >= 0.6 is 11.6 Å². The number of hydrogen-bond donors (Lipinski definition) is 0. The third-order valence-corrected chi connectivity index (χ3v) is 6.35. The zero-order chi connectivity index (χ0) is 18.6. The molecule has 0 aliphatic carbocycles. The van der Waals surface area contributed by atoms with Crippen LogP contribution in [0, 0.1) is 0 Å². The van der Waals surface area contributed by atoms with Crippen molar-refractivity contribution in [3.05, 3.63) is 71.3 Å². The van der Waals surface area contributed by atoms with Crippen molar-refractivity contribution in [1.82, 2.24) is 9.21 Å². The van der Waals surface area contributed by atoms with E-state index in [1.54, 1.807) is 53.4 Å². The van der Waals surface area contributed by atoms with Gasteiger partial charge in [-0.1, -0.05) is 41.9 Å². The number of rotatable bonds is 4. The zero-order valence-electron chi connectivity index (χ0n) is 14.1. The van der Waals surface area contributed by atoms with Crippen molar-refractivity contribution < 1.29 is 13.2 Å². The van der Waals surface area contributed by atoms with Crippen molar-refractivity contribution in [2.45, 2.75) is 4.90 Å². The van der Waals surface area contributed by atoms with Gasteiger partial charge in [-0.2, -0.15) is 4.31 Å². The lowest BCUT2D eigenvalue weighted by Crippen LogP contribution is -2.50. The van der Waals surface area contributed by atoms with Crippen LogP contribution in [0.25, 0.3) is 6.08 Å². The summed E-state index contributed by atoms with van der Waals surface area (Å²) in [6.45, 7) is 1.30. The Bertz CT molecular complexity index is 905. The summed E-state index contributed by atoms with van der Waals surface area (Å²) in [7, 11) is -3.51. The number of hydrogen-bond acceptors (Lipinski definition) is 3. The van der Waals surface area contributed by atoms with E-state index in [1.807, 2.05) is 12.1 Å². The highest BCUT2D eigenvalue weighted by molar-refractivity contribution is 7.89. The molecule has 0 unspecified atom stereocenters. The quantitative estimate of drug-likeness (QED) is 0.754. The maximum Gasteiger partial charge on any atom is 0.246 e. The first-order valence-corrected chi connectivity index (χ1v) is 10.1. The fourth-order valence-electron chi connectivity index (χ4n) is 2.77. The summed E-state index contributed by atoms with van der Waals surface area (Å²) in [5, 5.41) is 0.610. The van der Waals surface area contributed by atoms with E-state index in [0.717, 1.165) is 5.56 Å². The van der Waals surface area contributed by atoms with Gasteiger partial charge in [-0.15, -0.1) is 0 Å². The third kappa shape index (κ3) is 4.33. The Morgan fingerprint density at radius 3 is 2.31 bits per heavy atom. The van der Waals surface area contributed by atoms with Gasteiger partial charge in [0.2, 0.25) is 15.9 Å². The van der Waals surface area contributed by atoms with Gasteiger partial charge in [0.15, 0.2) is 0 Å². The topological polar surface area (TPSA) is 57.7 Å². The number of halogens is 1. The summed E-state index contributed by atoms with van der Waals surface area (Å²) in [6.07, 6.45) is 3.20. The number of carbonyl (C=O) groups is 1. The predicted molar refractivity (Wildman–Crippen MR) is 102 cm³/mol. The van der Waals surface area contributed by atoms with Crippen LogP contribution in [0.15, 0.2) is 65.6 Å². The Morgan fingerprint density at radius 1 is 0.962 bits per heavy atom. The lowest BCUT2D eigenvalue weighted by atomic mass is 10.2. The molecule has 3 rings (SSSR count). The highest BCUT2D eigenvalue weighted by atomic mass is 35.5. The van der Waals surface area contributed by atoms with E-state index in [4.69, 9.17) is 11.6 Å². The molecule has 1 saturated heterocycles. The minimum Gasteiger partial charge on any atom is -0.337 e. The van der Waals surface area contributed by atoms with E-state index >= 15 is 0 Å². The highest BCUT2D eigenvalue weighted by Crippen LogP contribution is 2.17. The van der Waals surface area contributed by atoms with Crippen molar-refractivity contribution in [3.8, 4) is 0 Å². The highest BCUT2D eigenvalue weighted by Gasteiger charge is 2.29. The molecule has 1 amide bonds. The molecule has 136 valence electrons. The molecule has 0 bridgehead atoms. The molecular formula is C19H19ClN2O3S. The minimum absolute atomic E-state index is 0.137. The second kappa shape index (κ2) is 8.03. The van der Waals surface area contributed by atoms with Crippen LogP contribution in [0.2, 0.25) is 5.02 Å². The standard InChI is InChI=1S/C19H19ClN2O3S/c20-17-6-4-5-16(15-17)9-10-19(23)21-11-13-22(14-12-21)26(24,25)18-7-2-1-3-8-18/h1-10,15H,11-14H2/b10-9-. The van der Waals surface area contributed by atoms with Gasteiger partial charge in [0, 0.05) is 37.3 Å². The van der Waals surface area contributed by atoms with Crippen LogP contribution < -0.4 is 0 Å². The number of amides is 1. The zero-order valence-corrected chi connectivity index (χ0v) is 15.7. The monoisotopic (exact) mass is 390 g/mol. The molecule has 2 aromatic rings. The van der Waals surface area contributed by atoms with Crippen molar-refractivity contribution in [1.29, 1.82) is 0 Å². The lowest BCUT2D eigenvalue weighted by Gasteiger charge is -2.33. The molecule has 1 heterocycles. The van der Waals surface area contributed by atoms with Crippen LogP contribution in [0.3, 0.4) is 0 Å². The minimum atomic E-state index is -3.51. The van der Waals surface area contributed by atoms with E-state index < -0.39 is 10.0 Å². The molecule has 1 fully saturated rings. The maximum atomic E-state index is 12.6. The van der Waals surface area contributed by atoms with E-state index in [9.17, 15) is 13.2 Å². The van der Waals surface area contributed by atoms with Crippen molar-refractivity contribution >= 4 is 33.6 Å². The Morgan fingerprint density at radius 2 is 1.65 bits per heavy atom. The molecule has 0 N–H and O–H groups in total. The molecule has 26 heavy (non-hydrogen) atoms. The molecule has 0 spiro atoms. The van der Waals surface area contributed by atoms with Crippen LogP contribution in [-0.2, 0) is 14.8 Å². The van der Waals surface area contributed by atoms with Gasteiger partial charge >= 0.3 is 0 Å². The fraction of sp³-hybridized carbons (Fsp3) is 0.211. The Labute approximate surface area is 158 Å². The van der Waals surface area contributed by atoms with Gasteiger partial charge in [-0.05, 0) is 35.9 Å². The van der Waals surface area contributed by atoms with E-state index in [0.29, 0.717) is 18.1 Å². The average molecular weight is 391 g/mol. The second-order valence-corrected chi connectivity index (χ2v) is 8.31. The first-order chi connectivity index (χ1) is 12.5. The second-order valence-electron chi connectivity index (χ2n) is 5.93. The molecule has 0 saturated carbocycles. The first kappa shape index (κ1) is 18.6. The van der Waals surface area contributed by atoms with E-state index in [1.165, 1.54) is 10.4 Å². The molecule has 5 nitrogen and oxygen atoms in total. The number of piperazine rings is 1. The Kier molecular flexibility index (Phi) is 5.76. The van der Waals surface area contributed by atoms with Gasteiger partial charge in [0.05, 0.1) is 4.90 Å². The third-order valence-electron chi connectivity index (χ3n) is 4.20. The number of benzene rings is 2. The van der Waals surface area contributed by atoms with Crippen LogP contribution in [0.1, 0.15) is 5.56 Å². The maximum absolute atomic E-state index is 12.6. The molecule has 0 atom stereocenters. The summed E-state index contributed by atoms with van der Waals surface area (Å²) in [5.74, 6) is -0.137. The molecule has 7 heteroatoms. The Balaban J connectivity index is 1.60. The number of sulfonamides is 1. The van der Waals surface area contributed by atoms with Crippen molar-refractivity contribution in [3.63, 3.8) is 0 Å². The predicted octanol–water partition coefficient (Wildman–Crippen LogP) is 2.89. The smallest absolute Gasteiger partial charge is 0.246 e. The van der Waals surface area contributed by atoms with Gasteiger partial charge < -0.3 is 4.90 Å². The summed E-state index contributed by atoms with van der Waals surface area (Å²) in [6, 6.07) is 15.6. The van der Waals surface area contributed by atoms with Gasteiger partial charge in [-0.25, -0.2) is 8.42 Å². The number of nitrogens with zero attached hydrogens (tertiary/aromatic N) is 2. The lowest BCUT2D eigenvalue weighted by molar-refractivity contribution is -0.127. The Hall–Kier alpha value is -2.15. The largest absolute Gasteiger partial charge is 0.337 e. The van der Waals surface area contributed by atoms with Crippen LogP contribution in [0.4, 0.5) is 0 Å². The van der Waals surface area contributed by atoms with Gasteiger partial charge in [0.25, 0.3) is 0 Å². The van der Waals surface area contributed by atoms with E-state index in [2.05, 4.69) is 0 Å². The van der Waals surface area contributed by atoms with E-state index in [-0.39, 0.29) is 23.9 Å². The summed E-state index contributed by atoms with van der Waals surface area (Å²) >= 11 is 5.93. The normalized spacial score (nSPS) is 16.1.